The zero-order chi connectivity index (χ0) is 14.0. The summed E-state index contributed by atoms with van der Waals surface area (Å²) in [6, 6.07) is 9.42. The molecule has 0 radical (unpaired) electrons. The fraction of sp³-hybridized carbons (Fsp3) is 0.625. The van der Waals surface area contributed by atoms with E-state index >= 15 is 0 Å². The molecular weight excluding hydrogens is 234 g/mol. The molecule has 1 fully saturated rings. The summed E-state index contributed by atoms with van der Waals surface area (Å²) < 4.78 is 0. The molecule has 2 N–H and O–H groups in total. The van der Waals surface area contributed by atoms with Gasteiger partial charge in [-0.25, -0.2) is 0 Å². The number of aryl methyl sites for hydroxylation is 1. The topological polar surface area (TPSA) is 32.5 Å². The first kappa shape index (κ1) is 14.4. The minimum atomic E-state index is 0.147. The molecule has 19 heavy (non-hydrogen) atoms. The smallest absolute Gasteiger partial charge is 0.0473 e. The van der Waals surface area contributed by atoms with E-state index in [4.69, 9.17) is 5.73 Å². The standard InChI is InChI=1S/C16H27N3/c1-5-13-6-8-14(9-7-13)19-11-15(10-17)18(4)12-16(19,2)3/h6-9,15H,5,10-12,17H2,1-4H3. The number of nitrogens with two attached hydrogens (primary N) is 1. The highest BCUT2D eigenvalue weighted by Gasteiger charge is 2.36. The van der Waals surface area contributed by atoms with Crippen LogP contribution in [0.4, 0.5) is 5.69 Å². The van der Waals surface area contributed by atoms with Gasteiger partial charge in [0.1, 0.15) is 0 Å². The lowest BCUT2D eigenvalue weighted by molar-refractivity contribution is 0.155. The van der Waals surface area contributed by atoms with Gasteiger partial charge in [0.05, 0.1) is 0 Å². The molecule has 1 heterocycles. The first-order chi connectivity index (χ1) is 8.97. The predicted octanol–water partition coefficient (Wildman–Crippen LogP) is 2.11. The molecule has 1 atom stereocenters. The summed E-state index contributed by atoms with van der Waals surface area (Å²) in [5, 5.41) is 0. The van der Waals surface area contributed by atoms with Crippen molar-refractivity contribution < 1.29 is 0 Å². The van der Waals surface area contributed by atoms with Crippen molar-refractivity contribution in [3.8, 4) is 0 Å². The summed E-state index contributed by atoms with van der Waals surface area (Å²) in [4.78, 5) is 4.89. The zero-order valence-corrected chi connectivity index (χ0v) is 12.7. The van der Waals surface area contributed by atoms with E-state index in [9.17, 15) is 0 Å². The highest BCUT2D eigenvalue weighted by molar-refractivity contribution is 5.51. The van der Waals surface area contributed by atoms with Crippen molar-refractivity contribution in [2.75, 3.05) is 31.6 Å². The van der Waals surface area contributed by atoms with Crippen molar-refractivity contribution in [2.24, 2.45) is 5.73 Å². The molecule has 0 aliphatic carbocycles. The fourth-order valence-corrected chi connectivity index (χ4v) is 3.04. The Hall–Kier alpha value is -1.06. The van der Waals surface area contributed by atoms with E-state index in [1.807, 2.05) is 0 Å². The summed E-state index contributed by atoms with van der Waals surface area (Å²) in [5.74, 6) is 0. The van der Waals surface area contributed by atoms with E-state index in [2.05, 4.69) is 61.9 Å². The van der Waals surface area contributed by atoms with Crippen LogP contribution in [0.15, 0.2) is 24.3 Å². The molecule has 1 aliphatic heterocycles. The molecule has 1 aromatic rings. The van der Waals surface area contributed by atoms with Crippen LogP contribution in [0.3, 0.4) is 0 Å². The van der Waals surface area contributed by atoms with Crippen LogP contribution in [0.2, 0.25) is 0 Å². The Morgan fingerprint density at radius 3 is 2.42 bits per heavy atom. The van der Waals surface area contributed by atoms with E-state index in [1.165, 1.54) is 11.3 Å². The third-order valence-corrected chi connectivity index (χ3v) is 4.31. The molecular formula is C16H27N3. The number of piperazine rings is 1. The first-order valence-corrected chi connectivity index (χ1v) is 7.25. The molecule has 0 spiro atoms. The van der Waals surface area contributed by atoms with Crippen LogP contribution in [0.1, 0.15) is 26.3 Å². The minimum absolute atomic E-state index is 0.147. The number of hydrogen-bond donors (Lipinski definition) is 1. The van der Waals surface area contributed by atoms with E-state index in [0.29, 0.717) is 6.04 Å². The number of anilines is 1. The Morgan fingerprint density at radius 2 is 1.89 bits per heavy atom. The summed E-state index contributed by atoms with van der Waals surface area (Å²) in [7, 11) is 2.18. The number of likely N-dealkylation sites (N-methyl/N-ethyl adjacent to an activating group) is 1. The molecule has 1 saturated heterocycles. The molecule has 0 amide bonds. The molecule has 3 heteroatoms. The highest BCUT2D eigenvalue weighted by Crippen LogP contribution is 2.29. The average Bonchev–Trinajstić information content (AvgIpc) is 2.38. The second kappa shape index (κ2) is 5.51. The van der Waals surface area contributed by atoms with E-state index in [0.717, 1.165) is 26.1 Å². The predicted molar refractivity (Wildman–Crippen MR) is 82.7 cm³/mol. The van der Waals surface area contributed by atoms with Gasteiger partial charge in [0, 0.05) is 36.9 Å². The van der Waals surface area contributed by atoms with Crippen molar-refractivity contribution >= 4 is 5.69 Å². The maximum Gasteiger partial charge on any atom is 0.0473 e. The van der Waals surface area contributed by atoms with Gasteiger partial charge in [0.15, 0.2) is 0 Å². The Morgan fingerprint density at radius 1 is 1.26 bits per heavy atom. The molecule has 3 nitrogen and oxygen atoms in total. The monoisotopic (exact) mass is 261 g/mol. The first-order valence-electron chi connectivity index (χ1n) is 7.25. The largest absolute Gasteiger partial charge is 0.364 e. The van der Waals surface area contributed by atoms with Crippen LogP contribution < -0.4 is 10.6 Å². The molecule has 1 aromatic carbocycles. The van der Waals surface area contributed by atoms with Crippen molar-refractivity contribution in [1.82, 2.24) is 4.90 Å². The Kier molecular flexibility index (Phi) is 4.16. The summed E-state index contributed by atoms with van der Waals surface area (Å²) in [6.45, 7) is 9.58. The maximum absolute atomic E-state index is 5.90. The van der Waals surface area contributed by atoms with Crippen LogP contribution in [0.25, 0.3) is 0 Å². The maximum atomic E-state index is 5.90. The number of rotatable bonds is 3. The van der Waals surface area contributed by atoms with Gasteiger partial charge < -0.3 is 10.6 Å². The van der Waals surface area contributed by atoms with Gasteiger partial charge >= 0.3 is 0 Å². The second-order valence-corrected chi connectivity index (χ2v) is 6.25. The average molecular weight is 261 g/mol. The Balaban J connectivity index is 2.24. The van der Waals surface area contributed by atoms with Crippen molar-refractivity contribution in [2.45, 2.75) is 38.8 Å². The molecule has 2 rings (SSSR count). The summed E-state index contributed by atoms with van der Waals surface area (Å²) in [6.07, 6.45) is 1.10. The Labute approximate surface area is 117 Å². The second-order valence-electron chi connectivity index (χ2n) is 6.25. The SMILES string of the molecule is CCc1ccc(N2CC(CN)N(C)CC2(C)C)cc1. The van der Waals surface area contributed by atoms with Gasteiger partial charge in [-0.15, -0.1) is 0 Å². The van der Waals surface area contributed by atoms with Crippen LogP contribution in [-0.2, 0) is 6.42 Å². The van der Waals surface area contributed by atoms with Crippen LogP contribution >= 0.6 is 0 Å². The van der Waals surface area contributed by atoms with Crippen molar-refractivity contribution in [3.63, 3.8) is 0 Å². The van der Waals surface area contributed by atoms with Gasteiger partial charge in [-0.2, -0.15) is 0 Å². The number of hydrogen-bond acceptors (Lipinski definition) is 3. The Bertz CT molecular complexity index is 411. The highest BCUT2D eigenvalue weighted by atomic mass is 15.3. The van der Waals surface area contributed by atoms with Gasteiger partial charge in [-0.1, -0.05) is 19.1 Å². The van der Waals surface area contributed by atoms with Gasteiger partial charge in [0.2, 0.25) is 0 Å². The van der Waals surface area contributed by atoms with Crippen molar-refractivity contribution in [1.29, 1.82) is 0 Å². The van der Waals surface area contributed by atoms with Gasteiger partial charge in [-0.05, 0) is 45.0 Å². The van der Waals surface area contributed by atoms with Gasteiger partial charge in [0.25, 0.3) is 0 Å². The van der Waals surface area contributed by atoms with E-state index in [1.54, 1.807) is 0 Å². The number of benzene rings is 1. The third kappa shape index (κ3) is 2.93. The van der Waals surface area contributed by atoms with Gasteiger partial charge in [-0.3, -0.25) is 4.90 Å². The molecule has 0 bridgehead atoms. The molecule has 0 saturated carbocycles. The lowest BCUT2D eigenvalue weighted by atomic mass is 9.94. The number of nitrogens with zero attached hydrogens (tertiary/aromatic N) is 2. The minimum Gasteiger partial charge on any atom is -0.364 e. The quantitative estimate of drug-likeness (QED) is 0.904. The molecule has 106 valence electrons. The lowest BCUT2D eigenvalue weighted by Gasteiger charge is -2.51. The normalized spacial score (nSPS) is 23.6. The molecule has 1 aliphatic rings. The van der Waals surface area contributed by atoms with E-state index < -0.39 is 0 Å². The summed E-state index contributed by atoms with van der Waals surface area (Å²) >= 11 is 0. The van der Waals surface area contributed by atoms with Crippen molar-refractivity contribution in [3.05, 3.63) is 29.8 Å². The van der Waals surface area contributed by atoms with Crippen LogP contribution in [-0.4, -0.2) is 43.2 Å². The summed E-state index contributed by atoms with van der Waals surface area (Å²) in [5.41, 5.74) is 8.75. The third-order valence-electron chi connectivity index (χ3n) is 4.31. The van der Waals surface area contributed by atoms with Crippen LogP contribution in [0.5, 0.6) is 0 Å². The van der Waals surface area contributed by atoms with E-state index in [-0.39, 0.29) is 5.54 Å². The molecule has 1 unspecified atom stereocenters. The van der Waals surface area contributed by atoms with Crippen LogP contribution in [0, 0.1) is 0 Å². The zero-order valence-electron chi connectivity index (χ0n) is 12.7. The molecule has 0 aromatic heterocycles. The fourth-order valence-electron chi connectivity index (χ4n) is 3.04. The lowest BCUT2D eigenvalue weighted by Crippen LogP contribution is -2.64.